The molecule has 0 spiro atoms. The van der Waals surface area contributed by atoms with Crippen LogP contribution in [0.1, 0.15) is 36.7 Å². The molecule has 0 radical (unpaired) electrons. The Morgan fingerprint density at radius 1 is 1.79 bits per heavy atom. The minimum atomic E-state index is 0.107. The maximum Gasteiger partial charge on any atom is 0.273 e. The number of thiazole rings is 1. The average molecular weight is 210 g/mol. The summed E-state index contributed by atoms with van der Waals surface area (Å²) in [7, 11) is 0. The molecule has 1 atom stereocenters. The summed E-state index contributed by atoms with van der Waals surface area (Å²) >= 11 is 1.48. The molecule has 2 heterocycles. The fraction of sp³-hybridized carbons (Fsp3) is 0.600. The van der Waals surface area contributed by atoms with Gasteiger partial charge in [-0.25, -0.2) is 4.98 Å². The average Bonchev–Trinajstić information content (AvgIpc) is 2.87. The zero-order valence-corrected chi connectivity index (χ0v) is 9.09. The summed E-state index contributed by atoms with van der Waals surface area (Å²) in [5.41, 5.74) is 2.32. The van der Waals surface area contributed by atoms with Crippen LogP contribution in [0.2, 0.25) is 0 Å². The first-order valence-corrected chi connectivity index (χ1v) is 5.96. The van der Waals surface area contributed by atoms with Crippen LogP contribution < -0.4 is 0 Å². The van der Waals surface area contributed by atoms with Gasteiger partial charge >= 0.3 is 0 Å². The van der Waals surface area contributed by atoms with Crippen LogP contribution in [0.15, 0.2) is 10.9 Å². The zero-order chi connectivity index (χ0) is 9.97. The number of hydrogen-bond acceptors (Lipinski definition) is 3. The minimum Gasteiger partial charge on any atom is -0.334 e. The molecule has 0 aromatic carbocycles. The van der Waals surface area contributed by atoms with E-state index in [1.165, 1.54) is 11.3 Å². The summed E-state index contributed by atoms with van der Waals surface area (Å²) in [5.74, 6) is 0.107. The van der Waals surface area contributed by atoms with Gasteiger partial charge in [-0.05, 0) is 19.3 Å². The van der Waals surface area contributed by atoms with Crippen molar-refractivity contribution < 1.29 is 4.79 Å². The standard InChI is InChI=1S/C10H14N2OS/c1-2-8-4-3-5-12(8)10(13)9-6-14-7-11-9/h6-8H,2-5H2,1H3. The highest BCUT2D eigenvalue weighted by atomic mass is 32.1. The van der Waals surface area contributed by atoms with Crippen LogP contribution in [0.5, 0.6) is 0 Å². The van der Waals surface area contributed by atoms with E-state index in [4.69, 9.17) is 0 Å². The molecule has 0 bridgehead atoms. The fourth-order valence-corrected chi connectivity index (χ4v) is 2.52. The van der Waals surface area contributed by atoms with Crippen molar-refractivity contribution in [1.29, 1.82) is 0 Å². The Morgan fingerprint density at radius 3 is 3.29 bits per heavy atom. The van der Waals surface area contributed by atoms with Gasteiger partial charge in [0, 0.05) is 18.0 Å². The maximum absolute atomic E-state index is 11.9. The zero-order valence-electron chi connectivity index (χ0n) is 8.27. The Kier molecular flexibility index (Phi) is 2.82. The van der Waals surface area contributed by atoms with Gasteiger partial charge < -0.3 is 4.90 Å². The SMILES string of the molecule is CCC1CCCN1C(=O)c1cscn1. The molecule has 1 fully saturated rings. The van der Waals surface area contributed by atoms with Gasteiger partial charge in [0.25, 0.3) is 5.91 Å². The number of carbonyl (C=O) groups is 1. The Balaban J connectivity index is 2.11. The largest absolute Gasteiger partial charge is 0.334 e. The molecule has 0 saturated carbocycles. The minimum absolute atomic E-state index is 0.107. The van der Waals surface area contributed by atoms with E-state index in [1.807, 2.05) is 10.3 Å². The normalized spacial score (nSPS) is 21.5. The van der Waals surface area contributed by atoms with Crippen molar-refractivity contribution in [2.45, 2.75) is 32.2 Å². The van der Waals surface area contributed by atoms with Gasteiger partial charge in [0.15, 0.2) is 0 Å². The molecule has 0 N–H and O–H groups in total. The quantitative estimate of drug-likeness (QED) is 0.749. The third-order valence-electron chi connectivity index (χ3n) is 2.76. The Labute approximate surface area is 87.8 Å². The van der Waals surface area contributed by atoms with Gasteiger partial charge in [0.2, 0.25) is 0 Å². The van der Waals surface area contributed by atoms with Crippen molar-refractivity contribution in [3.05, 3.63) is 16.6 Å². The number of rotatable bonds is 2. The van der Waals surface area contributed by atoms with E-state index in [0.717, 1.165) is 25.8 Å². The molecule has 1 aliphatic rings. The lowest BCUT2D eigenvalue weighted by Gasteiger charge is -2.22. The third kappa shape index (κ3) is 1.66. The molecule has 1 saturated heterocycles. The van der Waals surface area contributed by atoms with E-state index < -0.39 is 0 Å². The van der Waals surface area contributed by atoms with E-state index in [-0.39, 0.29) is 5.91 Å². The molecule has 76 valence electrons. The molecule has 2 rings (SSSR count). The van der Waals surface area contributed by atoms with Crippen molar-refractivity contribution in [1.82, 2.24) is 9.88 Å². The van der Waals surface area contributed by atoms with Crippen molar-refractivity contribution in [2.75, 3.05) is 6.54 Å². The van der Waals surface area contributed by atoms with Gasteiger partial charge in [-0.2, -0.15) is 0 Å². The highest BCUT2D eigenvalue weighted by Gasteiger charge is 2.28. The summed E-state index contributed by atoms with van der Waals surface area (Å²) in [6, 6.07) is 0.434. The second-order valence-corrected chi connectivity index (χ2v) is 4.30. The third-order valence-corrected chi connectivity index (χ3v) is 3.35. The first-order valence-electron chi connectivity index (χ1n) is 5.02. The van der Waals surface area contributed by atoms with Gasteiger partial charge in [0.05, 0.1) is 5.51 Å². The van der Waals surface area contributed by atoms with Crippen LogP contribution >= 0.6 is 11.3 Å². The van der Waals surface area contributed by atoms with Crippen molar-refractivity contribution in [2.24, 2.45) is 0 Å². The molecule has 4 heteroatoms. The van der Waals surface area contributed by atoms with E-state index in [2.05, 4.69) is 11.9 Å². The monoisotopic (exact) mass is 210 g/mol. The molecule has 1 aromatic rings. The summed E-state index contributed by atoms with van der Waals surface area (Å²) < 4.78 is 0. The Hall–Kier alpha value is -0.900. The van der Waals surface area contributed by atoms with Gasteiger partial charge in [-0.15, -0.1) is 11.3 Å². The van der Waals surface area contributed by atoms with Crippen LogP contribution in [0.3, 0.4) is 0 Å². The number of hydrogen-bond donors (Lipinski definition) is 0. The van der Waals surface area contributed by atoms with Crippen LogP contribution in [-0.4, -0.2) is 28.4 Å². The van der Waals surface area contributed by atoms with Crippen LogP contribution in [0.25, 0.3) is 0 Å². The molecular formula is C10H14N2OS. The van der Waals surface area contributed by atoms with E-state index in [0.29, 0.717) is 11.7 Å². The van der Waals surface area contributed by atoms with Crippen LogP contribution in [0.4, 0.5) is 0 Å². The van der Waals surface area contributed by atoms with Gasteiger partial charge in [0.1, 0.15) is 5.69 Å². The van der Waals surface area contributed by atoms with Gasteiger partial charge in [-0.1, -0.05) is 6.92 Å². The highest BCUT2D eigenvalue weighted by molar-refractivity contribution is 7.07. The second kappa shape index (κ2) is 4.09. The molecular weight excluding hydrogens is 196 g/mol. The molecule has 1 aliphatic heterocycles. The lowest BCUT2D eigenvalue weighted by atomic mass is 10.1. The van der Waals surface area contributed by atoms with E-state index in [1.54, 1.807) is 5.51 Å². The topological polar surface area (TPSA) is 33.2 Å². The Morgan fingerprint density at radius 2 is 2.64 bits per heavy atom. The number of aromatic nitrogens is 1. The summed E-state index contributed by atoms with van der Waals surface area (Å²) in [6.45, 7) is 3.03. The van der Waals surface area contributed by atoms with Gasteiger partial charge in [-0.3, -0.25) is 4.79 Å². The number of likely N-dealkylation sites (tertiary alicyclic amines) is 1. The van der Waals surface area contributed by atoms with Crippen molar-refractivity contribution >= 4 is 17.2 Å². The lowest BCUT2D eigenvalue weighted by molar-refractivity contribution is 0.0728. The first-order chi connectivity index (χ1) is 6.83. The van der Waals surface area contributed by atoms with Crippen molar-refractivity contribution in [3.8, 4) is 0 Å². The molecule has 1 unspecified atom stereocenters. The predicted molar refractivity (Wildman–Crippen MR) is 56.5 cm³/mol. The first kappa shape index (κ1) is 9.65. The summed E-state index contributed by atoms with van der Waals surface area (Å²) in [6.07, 6.45) is 3.33. The molecule has 0 aliphatic carbocycles. The van der Waals surface area contributed by atoms with E-state index in [9.17, 15) is 4.79 Å². The van der Waals surface area contributed by atoms with E-state index >= 15 is 0 Å². The highest BCUT2D eigenvalue weighted by Crippen LogP contribution is 2.21. The number of amides is 1. The molecule has 3 nitrogen and oxygen atoms in total. The van der Waals surface area contributed by atoms with Crippen molar-refractivity contribution in [3.63, 3.8) is 0 Å². The molecule has 14 heavy (non-hydrogen) atoms. The Bertz CT molecular complexity index is 310. The maximum atomic E-state index is 11.9. The number of nitrogens with zero attached hydrogens (tertiary/aromatic N) is 2. The number of carbonyl (C=O) groups excluding carboxylic acids is 1. The summed E-state index contributed by atoms with van der Waals surface area (Å²) in [5, 5.41) is 1.83. The molecule has 1 aromatic heterocycles. The smallest absolute Gasteiger partial charge is 0.273 e. The second-order valence-electron chi connectivity index (χ2n) is 3.58. The fourth-order valence-electron chi connectivity index (χ4n) is 1.99. The summed E-state index contributed by atoms with van der Waals surface area (Å²) in [4.78, 5) is 18.0. The van der Waals surface area contributed by atoms with Crippen LogP contribution in [-0.2, 0) is 0 Å². The van der Waals surface area contributed by atoms with Crippen LogP contribution in [0, 0.1) is 0 Å². The molecule has 1 amide bonds. The lowest BCUT2D eigenvalue weighted by Crippen LogP contribution is -2.35. The predicted octanol–water partition coefficient (Wildman–Crippen LogP) is 2.16.